The van der Waals surface area contributed by atoms with Crippen molar-refractivity contribution in [2.24, 2.45) is 5.92 Å². The monoisotopic (exact) mass is 273 g/mol. The van der Waals surface area contributed by atoms with Gasteiger partial charge in [0, 0.05) is 12.5 Å². The zero-order valence-corrected chi connectivity index (χ0v) is 10.8. The molecule has 19 heavy (non-hydrogen) atoms. The van der Waals surface area contributed by atoms with Crippen LogP contribution in [0.5, 0.6) is 0 Å². The highest BCUT2D eigenvalue weighted by atomic mass is 19.4. The Balaban J connectivity index is 2.39. The predicted molar refractivity (Wildman–Crippen MR) is 66.6 cm³/mol. The zero-order valence-electron chi connectivity index (χ0n) is 10.8. The minimum Gasteiger partial charge on any atom is -0.385 e. The van der Waals surface area contributed by atoms with E-state index in [1.165, 1.54) is 25.1 Å². The topological polar surface area (TPSA) is 32.3 Å². The van der Waals surface area contributed by atoms with Crippen LogP contribution < -0.4 is 5.32 Å². The first kappa shape index (κ1) is 14.3. The van der Waals surface area contributed by atoms with Crippen LogP contribution in [0.4, 0.5) is 13.2 Å². The summed E-state index contributed by atoms with van der Waals surface area (Å²) in [5.41, 5.74) is -2.25. The maximum absolute atomic E-state index is 13.0. The summed E-state index contributed by atoms with van der Waals surface area (Å²) in [6.07, 6.45) is -2.84. The third-order valence-electron chi connectivity index (χ3n) is 3.87. The molecule has 0 bridgehead atoms. The summed E-state index contributed by atoms with van der Waals surface area (Å²) in [7, 11) is 0. The molecule has 1 heterocycles. The van der Waals surface area contributed by atoms with Crippen LogP contribution in [0.3, 0.4) is 0 Å². The van der Waals surface area contributed by atoms with Crippen molar-refractivity contribution < 1.29 is 18.3 Å². The molecule has 0 amide bonds. The van der Waals surface area contributed by atoms with Crippen molar-refractivity contribution in [3.8, 4) is 0 Å². The van der Waals surface area contributed by atoms with Gasteiger partial charge < -0.3 is 10.4 Å². The summed E-state index contributed by atoms with van der Waals surface area (Å²) in [5.74, 6) is -0.204. The normalized spacial score (nSPS) is 23.9. The molecule has 1 aromatic carbocycles. The van der Waals surface area contributed by atoms with E-state index in [1.54, 1.807) is 0 Å². The Hall–Kier alpha value is -1.07. The van der Waals surface area contributed by atoms with Gasteiger partial charge in [0.2, 0.25) is 0 Å². The van der Waals surface area contributed by atoms with Crippen molar-refractivity contribution in [3.05, 3.63) is 35.4 Å². The quantitative estimate of drug-likeness (QED) is 0.868. The summed E-state index contributed by atoms with van der Waals surface area (Å²) in [6, 6.07) is 5.29. The summed E-state index contributed by atoms with van der Waals surface area (Å²) >= 11 is 0. The number of rotatable bonds is 2. The first-order valence-electron chi connectivity index (χ1n) is 6.43. The molecule has 2 N–H and O–H groups in total. The van der Waals surface area contributed by atoms with E-state index in [2.05, 4.69) is 5.32 Å². The van der Waals surface area contributed by atoms with Gasteiger partial charge in [0.25, 0.3) is 0 Å². The highest BCUT2D eigenvalue weighted by Gasteiger charge is 2.42. The van der Waals surface area contributed by atoms with Crippen LogP contribution >= 0.6 is 0 Å². The van der Waals surface area contributed by atoms with Crippen LogP contribution in [0, 0.1) is 5.92 Å². The lowest BCUT2D eigenvalue weighted by Gasteiger charge is -2.37. The Morgan fingerprint density at radius 2 is 1.84 bits per heavy atom. The maximum atomic E-state index is 13.0. The Bertz CT molecular complexity index is 437. The molecular formula is C14H18F3NO. The molecule has 2 nitrogen and oxygen atoms in total. The molecule has 2 atom stereocenters. The summed E-state index contributed by atoms with van der Waals surface area (Å²) in [5, 5.41) is 13.7. The smallest absolute Gasteiger partial charge is 0.385 e. The highest BCUT2D eigenvalue weighted by molar-refractivity contribution is 5.34. The second-order valence-electron chi connectivity index (χ2n) is 5.23. The number of aliphatic hydroxyl groups is 1. The van der Waals surface area contributed by atoms with E-state index in [0.717, 1.165) is 25.5 Å². The van der Waals surface area contributed by atoms with Gasteiger partial charge in [-0.2, -0.15) is 13.2 Å². The van der Waals surface area contributed by atoms with Crippen molar-refractivity contribution in [2.45, 2.75) is 31.5 Å². The fourth-order valence-corrected chi connectivity index (χ4v) is 2.72. The van der Waals surface area contributed by atoms with Crippen LogP contribution in [-0.4, -0.2) is 18.2 Å². The number of halogens is 3. The standard InChI is InChI=1S/C14H18F3NO/c1-13(19,10-5-4-8-18-9-10)11-6-2-3-7-12(11)14(15,16)17/h2-3,6-7,10,18-19H,4-5,8-9H2,1H3. The van der Waals surface area contributed by atoms with E-state index in [4.69, 9.17) is 0 Å². The fraction of sp³-hybridized carbons (Fsp3) is 0.571. The van der Waals surface area contributed by atoms with Gasteiger partial charge in [-0.1, -0.05) is 18.2 Å². The van der Waals surface area contributed by atoms with Crippen LogP contribution in [-0.2, 0) is 11.8 Å². The third kappa shape index (κ3) is 2.92. The van der Waals surface area contributed by atoms with Crippen LogP contribution in [0.15, 0.2) is 24.3 Å². The molecule has 1 aliphatic heterocycles. The molecule has 0 aromatic heterocycles. The largest absolute Gasteiger partial charge is 0.416 e. The Kier molecular flexibility index (Phi) is 3.87. The minimum atomic E-state index is -4.44. The van der Waals surface area contributed by atoms with Crippen molar-refractivity contribution in [3.63, 3.8) is 0 Å². The third-order valence-corrected chi connectivity index (χ3v) is 3.87. The number of nitrogens with one attached hydrogen (secondary N) is 1. The first-order chi connectivity index (χ1) is 8.83. The van der Waals surface area contributed by atoms with Crippen LogP contribution in [0.2, 0.25) is 0 Å². The molecule has 0 saturated carbocycles. The first-order valence-corrected chi connectivity index (χ1v) is 6.43. The van der Waals surface area contributed by atoms with E-state index in [1.807, 2.05) is 0 Å². The van der Waals surface area contributed by atoms with Gasteiger partial charge in [-0.15, -0.1) is 0 Å². The van der Waals surface area contributed by atoms with Gasteiger partial charge in [0.05, 0.1) is 11.2 Å². The van der Waals surface area contributed by atoms with Gasteiger partial charge in [-0.25, -0.2) is 0 Å². The lowest BCUT2D eigenvalue weighted by Crippen LogP contribution is -2.43. The molecule has 2 rings (SSSR count). The van der Waals surface area contributed by atoms with Gasteiger partial charge in [0.15, 0.2) is 0 Å². The fourth-order valence-electron chi connectivity index (χ4n) is 2.72. The highest BCUT2D eigenvalue weighted by Crippen LogP contribution is 2.41. The number of piperidine rings is 1. The van der Waals surface area contributed by atoms with Crippen molar-refractivity contribution in [2.75, 3.05) is 13.1 Å². The number of hydrogen-bond donors (Lipinski definition) is 2. The van der Waals surface area contributed by atoms with E-state index in [9.17, 15) is 18.3 Å². The second kappa shape index (κ2) is 5.13. The number of alkyl halides is 3. The predicted octanol–water partition coefficient (Wildman–Crippen LogP) is 2.91. The molecule has 0 radical (unpaired) electrons. The molecule has 1 aromatic rings. The summed E-state index contributed by atoms with van der Waals surface area (Å²) in [4.78, 5) is 0. The van der Waals surface area contributed by atoms with Gasteiger partial charge in [-0.3, -0.25) is 0 Å². The molecule has 1 fully saturated rings. The van der Waals surface area contributed by atoms with Crippen LogP contribution in [0.25, 0.3) is 0 Å². The maximum Gasteiger partial charge on any atom is 0.416 e. The molecule has 2 unspecified atom stereocenters. The zero-order chi connectivity index (χ0) is 14.1. The van der Waals surface area contributed by atoms with E-state index >= 15 is 0 Å². The lowest BCUT2D eigenvalue weighted by molar-refractivity contribution is -0.141. The Morgan fingerprint density at radius 1 is 1.21 bits per heavy atom. The van der Waals surface area contributed by atoms with E-state index < -0.39 is 17.3 Å². The minimum absolute atomic E-state index is 0.0313. The number of benzene rings is 1. The molecule has 1 saturated heterocycles. The Morgan fingerprint density at radius 3 is 2.37 bits per heavy atom. The molecule has 0 spiro atoms. The van der Waals surface area contributed by atoms with Crippen LogP contribution in [0.1, 0.15) is 30.9 Å². The summed E-state index contributed by atoms with van der Waals surface area (Å²) in [6.45, 7) is 2.88. The van der Waals surface area contributed by atoms with Crippen molar-refractivity contribution in [1.82, 2.24) is 5.32 Å². The molecule has 106 valence electrons. The Labute approximate surface area is 110 Å². The lowest BCUT2D eigenvalue weighted by atomic mass is 9.77. The van der Waals surface area contributed by atoms with Gasteiger partial charge in [-0.05, 0) is 37.9 Å². The average Bonchev–Trinajstić information content (AvgIpc) is 2.39. The molecule has 1 aliphatic rings. The van der Waals surface area contributed by atoms with E-state index in [-0.39, 0.29) is 11.5 Å². The second-order valence-corrected chi connectivity index (χ2v) is 5.23. The SMILES string of the molecule is CC(O)(c1ccccc1C(F)(F)F)C1CCCNC1. The van der Waals surface area contributed by atoms with Crippen molar-refractivity contribution in [1.29, 1.82) is 0 Å². The summed E-state index contributed by atoms with van der Waals surface area (Å²) < 4.78 is 39.1. The number of hydrogen-bond acceptors (Lipinski definition) is 2. The van der Waals surface area contributed by atoms with Gasteiger partial charge in [0.1, 0.15) is 0 Å². The molecule has 0 aliphatic carbocycles. The molecular weight excluding hydrogens is 255 g/mol. The molecule has 5 heteroatoms. The van der Waals surface area contributed by atoms with Gasteiger partial charge >= 0.3 is 6.18 Å². The van der Waals surface area contributed by atoms with Crippen molar-refractivity contribution >= 4 is 0 Å². The average molecular weight is 273 g/mol. The van der Waals surface area contributed by atoms with E-state index in [0.29, 0.717) is 6.54 Å².